The highest BCUT2D eigenvalue weighted by Gasteiger charge is 2.14. The molecule has 0 saturated heterocycles. The van der Waals surface area contributed by atoms with Crippen LogP contribution in [0.2, 0.25) is 0 Å². The molecule has 3 aromatic rings. The van der Waals surface area contributed by atoms with Gasteiger partial charge in [-0.3, -0.25) is 14.9 Å². The number of non-ortho nitro benzene ring substituents is 1. The van der Waals surface area contributed by atoms with Crippen LogP contribution in [-0.2, 0) is 7.05 Å². The number of rotatable bonds is 6. The van der Waals surface area contributed by atoms with Gasteiger partial charge >= 0.3 is 0 Å². The predicted molar refractivity (Wildman–Crippen MR) is 99.3 cm³/mol. The number of ketones is 1. The van der Waals surface area contributed by atoms with E-state index in [-0.39, 0.29) is 17.2 Å². The Morgan fingerprint density at radius 2 is 1.77 bits per heavy atom. The number of Topliss-reactive ketones (excluding diaryl/α,β-unsaturated/α-hetero) is 1. The number of aryl methyl sites for hydroxylation is 1. The summed E-state index contributed by atoms with van der Waals surface area (Å²) in [6.45, 7) is 2.02. The van der Waals surface area contributed by atoms with Gasteiger partial charge in [-0.1, -0.05) is 41.6 Å². The third-order valence-electron chi connectivity index (χ3n) is 3.88. The number of carbonyl (C=O) groups is 1. The molecule has 0 saturated carbocycles. The maximum Gasteiger partial charge on any atom is 0.269 e. The second-order valence-corrected chi connectivity index (χ2v) is 6.69. The van der Waals surface area contributed by atoms with Crippen LogP contribution in [0.5, 0.6) is 0 Å². The first-order valence-corrected chi connectivity index (χ1v) is 8.81. The van der Waals surface area contributed by atoms with E-state index in [0.717, 1.165) is 11.4 Å². The van der Waals surface area contributed by atoms with E-state index in [0.29, 0.717) is 10.7 Å². The molecular formula is C18H16N4O3S. The monoisotopic (exact) mass is 368 g/mol. The van der Waals surface area contributed by atoms with Gasteiger partial charge in [0, 0.05) is 30.3 Å². The molecule has 132 valence electrons. The molecule has 3 rings (SSSR count). The first-order chi connectivity index (χ1) is 12.5. The highest BCUT2D eigenvalue weighted by Crippen LogP contribution is 2.24. The topological polar surface area (TPSA) is 90.9 Å². The zero-order valence-corrected chi connectivity index (χ0v) is 15.1. The van der Waals surface area contributed by atoms with E-state index in [1.54, 1.807) is 0 Å². The maximum absolute atomic E-state index is 12.3. The number of nitrogens with zero attached hydrogens (tertiary/aromatic N) is 4. The van der Waals surface area contributed by atoms with Crippen molar-refractivity contribution >= 4 is 23.2 Å². The number of hydrogen-bond acceptors (Lipinski definition) is 6. The Balaban J connectivity index is 1.69. The molecule has 0 atom stereocenters. The molecule has 0 aliphatic rings. The van der Waals surface area contributed by atoms with Crippen molar-refractivity contribution in [2.45, 2.75) is 12.1 Å². The minimum absolute atomic E-state index is 0.0368. The Kier molecular flexibility index (Phi) is 5.13. The minimum atomic E-state index is -0.491. The van der Waals surface area contributed by atoms with Crippen molar-refractivity contribution in [3.05, 3.63) is 69.8 Å². The molecule has 0 unspecified atom stereocenters. The van der Waals surface area contributed by atoms with Gasteiger partial charge in [-0.2, -0.15) is 0 Å². The number of nitro benzene ring substituents is 1. The lowest BCUT2D eigenvalue weighted by molar-refractivity contribution is -0.384. The van der Waals surface area contributed by atoms with Crippen LogP contribution in [0, 0.1) is 17.0 Å². The molecule has 2 aromatic carbocycles. The van der Waals surface area contributed by atoms with Crippen LogP contribution in [0.3, 0.4) is 0 Å². The van der Waals surface area contributed by atoms with Crippen molar-refractivity contribution < 1.29 is 9.72 Å². The highest BCUT2D eigenvalue weighted by atomic mass is 32.2. The molecule has 0 aliphatic carbocycles. The van der Waals surface area contributed by atoms with Gasteiger partial charge < -0.3 is 4.57 Å². The van der Waals surface area contributed by atoms with Crippen molar-refractivity contribution in [2.24, 2.45) is 7.05 Å². The fourth-order valence-corrected chi connectivity index (χ4v) is 3.18. The molecule has 0 spiro atoms. The molecule has 0 bridgehead atoms. The highest BCUT2D eigenvalue weighted by molar-refractivity contribution is 7.99. The van der Waals surface area contributed by atoms with Gasteiger partial charge in [0.25, 0.3) is 5.69 Å². The number of aromatic nitrogens is 3. The van der Waals surface area contributed by atoms with Crippen LogP contribution in [-0.4, -0.2) is 31.2 Å². The number of carbonyl (C=O) groups excluding carboxylic acids is 1. The summed E-state index contributed by atoms with van der Waals surface area (Å²) in [6, 6.07) is 13.6. The number of thioether (sulfide) groups is 1. The number of benzene rings is 2. The van der Waals surface area contributed by atoms with Crippen molar-refractivity contribution in [2.75, 3.05) is 5.75 Å². The molecule has 0 aliphatic heterocycles. The van der Waals surface area contributed by atoms with Crippen LogP contribution in [0.4, 0.5) is 5.69 Å². The Hall–Kier alpha value is -3.00. The largest absolute Gasteiger partial charge is 0.305 e. The second kappa shape index (κ2) is 7.49. The minimum Gasteiger partial charge on any atom is -0.305 e. The first kappa shape index (κ1) is 17.8. The first-order valence-electron chi connectivity index (χ1n) is 7.82. The van der Waals surface area contributed by atoms with E-state index in [4.69, 9.17) is 0 Å². The summed E-state index contributed by atoms with van der Waals surface area (Å²) in [4.78, 5) is 22.5. The van der Waals surface area contributed by atoms with Crippen molar-refractivity contribution in [3.63, 3.8) is 0 Å². The van der Waals surface area contributed by atoms with Crippen LogP contribution >= 0.6 is 11.8 Å². The smallest absolute Gasteiger partial charge is 0.269 e. The zero-order chi connectivity index (χ0) is 18.7. The summed E-state index contributed by atoms with van der Waals surface area (Å²) < 4.78 is 1.85. The summed E-state index contributed by atoms with van der Waals surface area (Å²) in [5.41, 5.74) is 2.52. The fraction of sp³-hybridized carbons (Fsp3) is 0.167. The van der Waals surface area contributed by atoms with Gasteiger partial charge in [-0.15, -0.1) is 10.2 Å². The van der Waals surface area contributed by atoms with Crippen molar-refractivity contribution in [3.8, 4) is 11.4 Å². The molecular weight excluding hydrogens is 352 g/mol. The van der Waals surface area contributed by atoms with Crippen LogP contribution in [0.1, 0.15) is 15.9 Å². The summed E-state index contributed by atoms with van der Waals surface area (Å²) in [6.07, 6.45) is 0. The van der Waals surface area contributed by atoms with Crippen molar-refractivity contribution in [1.82, 2.24) is 14.8 Å². The number of hydrogen-bond donors (Lipinski definition) is 0. The third-order valence-corrected chi connectivity index (χ3v) is 4.90. The van der Waals surface area contributed by atoms with Crippen molar-refractivity contribution in [1.29, 1.82) is 0 Å². The zero-order valence-electron chi connectivity index (χ0n) is 14.2. The van der Waals surface area contributed by atoms with E-state index in [1.807, 2.05) is 42.8 Å². The average molecular weight is 368 g/mol. The van der Waals surface area contributed by atoms with Crippen LogP contribution in [0.15, 0.2) is 53.7 Å². The van der Waals surface area contributed by atoms with Gasteiger partial charge in [-0.25, -0.2) is 0 Å². The van der Waals surface area contributed by atoms with Gasteiger partial charge in [0.1, 0.15) is 0 Å². The average Bonchev–Trinajstić information content (AvgIpc) is 3.01. The predicted octanol–water partition coefficient (Wildman–Crippen LogP) is 3.67. The van der Waals surface area contributed by atoms with Crippen LogP contribution in [0.25, 0.3) is 11.4 Å². The van der Waals surface area contributed by atoms with Gasteiger partial charge in [0.2, 0.25) is 0 Å². The second-order valence-electron chi connectivity index (χ2n) is 5.75. The van der Waals surface area contributed by atoms with E-state index < -0.39 is 4.92 Å². The Morgan fingerprint density at radius 3 is 2.38 bits per heavy atom. The summed E-state index contributed by atoms with van der Waals surface area (Å²) >= 11 is 1.29. The van der Waals surface area contributed by atoms with Crippen LogP contribution < -0.4 is 0 Å². The molecule has 0 N–H and O–H groups in total. The molecule has 1 aromatic heterocycles. The lowest BCUT2D eigenvalue weighted by atomic mass is 10.1. The Bertz CT molecular complexity index is 950. The summed E-state index contributed by atoms with van der Waals surface area (Å²) in [7, 11) is 1.86. The van der Waals surface area contributed by atoms with E-state index >= 15 is 0 Å². The standard InChI is InChI=1S/C18H16N4O3S/c1-12-3-5-14(6-4-12)17-19-20-18(21(17)2)26-11-16(23)13-7-9-15(10-8-13)22(24)25/h3-10H,11H2,1-2H3. The Morgan fingerprint density at radius 1 is 1.12 bits per heavy atom. The normalized spacial score (nSPS) is 10.7. The Labute approximate surface area is 154 Å². The van der Waals surface area contributed by atoms with E-state index in [1.165, 1.54) is 41.6 Å². The van der Waals surface area contributed by atoms with E-state index in [2.05, 4.69) is 10.2 Å². The molecule has 8 heteroatoms. The van der Waals surface area contributed by atoms with E-state index in [9.17, 15) is 14.9 Å². The summed E-state index contributed by atoms with van der Waals surface area (Å²) in [5.74, 6) is 0.789. The molecule has 7 nitrogen and oxygen atoms in total. The molecule has 26 heavy (non-hydrogen) atoms. The number of nitro groups is 1. The molecule has 0 fully saturated rings. The maximum atomic E-state index is 12.3. The fourth-order valence-electron chi connectivity index (χ4n) is 2.38. The van der Waals surface area contributed by atoms with Gasteiger partial charge in [-0.05, 0) is 19.1 Å². The van der Waals surface area contributed by atoms with Gasteiger partial charge in [0.15, 0.2) is 16.8 Å². The molecule has 0 radical (unpaired) electrons. The SMILES string of the molecule is Cc1ccc(-c2nnc(SCC(=O)c3ccc([N+](=O)[O-])cc3)n2C)cc1. The van der Waals surface area contributed by atoms with Gasteiger partial charge in [0.05, 0.1) is 10.7 Å². The molecule has 1 heterocycles. The third kappa shape index (κ3) is 3.80. The summed E-state index contributed by atoms with van der Waals surface area (Å²) in [5, 5.41) is 19.7. The molecule has 0 amide bonds. The quantitative estimate of drug-likeness (QED) is 0.285. The lowest BCUT2D eigenvalue weighted by Gasteiger charge is -2.04. The lowest BCUT2D eigenvalue weighted by Crippen LogP contribution is -2.04.